The maximum atomic E-state index is 13.6. The fraction of sp³-hybridized carbons (Fsp3) is 0.0714. The molecule has 0 atom stereocenters. The van der Waals surface area contributed by atoms with E-state index < -0.39 is 21.4 Å². The van der Waals surface area contributed by atoms with Crippen molar-refractivity contribution in [3.63, 3.8) is 0 Å². The molecule has 104 valence electrons. The summed E-state index contributed by atoms with van der Waals surface area (Å²) in [7, 11) is -3.32. The molecule has 0 saturated heterocycles. The lowest BCUT2D eigenvalue weighted by Crippen LogP contribution is -2.05. The van der Waals surface area contributed by atoms with E-state index in [-0.39, 0.29) is 16.0 Å². The predicted octanol–water partition coefficient (Wildman–Crippen LogP) is 3.22. The Labute approximate surface area is 124 Å². The van der Waals surface area contributed by atoms with E-state index in [1.165, 1.54) is 42.5 Å². The number of carbonyl (C=O) groups excluding carboxylic acids is 1. The van der Waals surface area contributed by atoms with E-state index in [0.29, 0.717) is 4.47 Å². The van der Waals surface area contributed by atoms with Gasteiger partial charge in [0.15, 0.2) is 15.6 Å². The molecule has 2 aromatic rings. The van der Waals surface area contributed by atoms with Crippen molar-refractivity contribution in [2.45, 2.75) is 4.90 Å². The summed E-state index contributed by atoms with van der Waals surface area (Å²) in [5, 5.41) is 0. The number of benzene rings is 2. The van der Waals surface area contributed by atoms with Crippen molar-refractivity contribution in [3.8, 4) is 0 Å². The largest absolute Gasteiger partial charge is 0.288 e. The van der Waals surface area contributed by atoms with Crippen LogP contribution in [0.2, 0.25) is 0 Å². The van der Waals surface area contributed by atoms with Gasteiger partial charge >= 0.3 is 0 Å². The normalized spacial score (nSPS) is 11.3. The number of hydrogen-bond acceptors (Lipinski definition) is 3. The standard InChI is InChI=1S/C14H10BrFO3S/c1-20(18,19)11-5-2-9(3-6-11)14(17)12-8-10(15)4-7-13(12)16/h2-8H,1H3. The molecule has 3 nitrogen and oxygen atoms in total. The zero-order valence-corrected chi connectivity index (χ0v) is 12.8. The lowest BCUT2D eigenvalue weighted by Gasteiger charge is -2.04. The average Bonchev–Trinajstić information content (AvgIpc) is 2.40. The van der Waals surface area contributed by atoms with Gasteiger partial charge in [0, 0.05) is 16.3 Å². The summed E-state index contributed by atoms with van der Waals surface area (Å²) >= 11 is 3.18. The fourth-order valence-electron chi connectivity index (χ4n) is 1.68. The molecule has 0 fully saturated rings. The molecule has 0 N–H and O–H groups in total. The molecule has 0 amide bonds. The highest BCUT2D eigenvalue weighted by Gasteiger charge is 2.15. The van der Waals surface area contributed by atoms with Crippen LogP contribution in [0.15, 0.2) is 51.8 Å². The van der Waals surface area contributed by atoms with Gasteiger partial charge < -0.3 is 0 Å². The number of carbonyl (C=O) groups is 1. The van der Waals surface area contributed by atoms with Gasteiger partial charge in [0.25, 0.3) is 0 Å². The Kier molecular flexibility index (Phi) is 4.06. The van der Waals surface area contributed by atoms with Gasteiger partial charge in [-0.1, -0.05) is 15.9 Å². The van der Waals surface area contributed by atoms with Gasteiger partial charge in [0.2, 0.25) is 0 Å². The molecule has 2 aromatic carbocycles. The van der Waals surface area contributed by atoms with E-state index in [1.807, 2.05) is 0 Å². The lowest BCUT2D eigenvalue weighted by atomic mass is 10.0. The van der Waals surface area contributed by atoms with Crippen LogP contribution in [0.25, 0.3) is 0 Å². The molecule has 0 radical (unpaired) electrons. The highest BCUT2D eigenvalue weighted by molar-refractivity contribution is 9.10. The maximum Gasteiger partial charge on any atom is 0.196 e. The molecule has 20 heavy (non-hydrogen) atoms. The summed E-state index contributed by atoms with van der Waals surface area (Å²) in [5.74, 6) is -1.12. The Morgan fingerprint density at radius 1 is 1.10 bits per heavy atom. The molecule has 0 aliphatic rings. The molecule has 0 aromatic heterocycles. The van der Waals surface area contributed by atoms with E-state index in [2.05, 4.69) is 15.9 Å². The highest BCUT2D eigenvalue weighted by atomic mass is 79.9. The number of hydrogen-bond donors (Lipinski definition) is 0. The van der Waals surface area contributed by atoms with Crippen molar-refractivity contribution in [1.82, 2.24) is 0 Å². The number of sulfone groups is 1. The summed E-state index contributed by atoms with van der Waals surface area (Å²) in [5.41, 5.74) is 0.167. The van der Waals surface area contributed by atoms with Crippen LogP contribution in [-0.4, -0.2) is 20.5 Å². The van der Waals surface area contributed by atoms with E-state index >= 15 is 0 Å². The summed E-state index contributed by atoms with van der Waals surface area (Å²) in [4.78, 5) is 12.3. The smallest absolute Gasteiger partial charge is 0.196 e. The first-order valence-corrected chi connectivity index (χ1v) is 8.27. The summed E-state index contributed by atoms with van der Waals surface area (Å²) in [6.45, 7) is 0. The van der Waals surface area contributed by atoms with Gasteiger partial charge in [-0.3, -0.25) is 4.79 Å². The molecule has 0 unspecified atom stereocenters. The molecule has 6 heteroatoms. The summed E-state index contributed by atoms with van der Waals surface area (Å²) in [6.07, 6.45) is 1.08. The number of halogens is 2. The van der Waals surface area contributed by atoms with E-state index in [4.69, 9.17) is 0 Å². The average molecular weight is 357 g/mol. The van der Waals surface area contributed by atoms with Crippen molar-refractivity contribution in [1.29, 1.82) is 0 Å². The molecule has 0 aliphatic heterocycles. The fourth-order valence-corrected chi connectivity index (χ4v) is 2.67. The van der Waals surface area contributed by atoms with Gasteiger partial charge in [0.1, 0.15) is 5.82 Å². The van der Waals surface area contributed by atoms with Crippen molar-refractivity contribution >= 4 is 31.6 Å². The van der Waals surface area contributed by atoms with Crippen molar-refractivity contribution in [3.05, 3.63) is 63.9 Å². The van der Waals surface area contributed by atoms with Crippen molar-refractivity contribution in [2.24, 2.45) is 0 Å². The second-order valence-corrected chi connectivity index (χ2v) is 7.18. The van der Waals surface area contributed by atoms with E-state index in [0.717, 1.165) is 6.26 Å². The number of rotatable bonds is 3. The van der Waals surface area contributed by atoms with Crippen LogP contribution in [0, 0.1) is 5.82 Å². The topological polar surface area (TPSA) is 51.2 Å². The third kappa shape index (κ3) is 3.13. The molecule has 0 heterocycles. The molecule has 0 aliphatic carbocycles. The van der Waals surface area contributed by atoms with Crippen LogP contribution >= 0.6 is 15.9 Å². The molecule has 0 saturated carbocycles. The second-order valence-electron chi connectivity index (χ2n) is 4.25. The molecule has 2 rings (SSSR count). The van der Waals surface area contributed by atoms with Crippen molar-refractivity contribution in [2.75, 3.05) is 6.26 Å². The molecule has 0 spiro atoms. The first-order chi connectivity index (χ1) is 9.29. The Morgan fingerprint density at radius 2 is 1.70 bits per heavy atom. The van der Waals surface area contributed by atoms with Gasteiger partial charge in [0.05, 0.1) is 10.5 Å². The first-order valence-electron chi connectivity index (χ1n) is 5.59. The van der Waals surface area contributed by atoms with Crippen LogP contribution in [0.4, 0.5) is 4.39 Å². The third-order valence-corrected chi connectivity index (χ3v) is 4.34. The van der Waals surface area contributed by atoms with Crippen LogP contribution < -0.4 is 0 Å². The van der Waals surface area contributed by atoms with Crippen LogP contribution in [0.5, 0.6) is 0 Å². The minimum Gasteiger partial charge on any atom is -0.288 e. The minimum atomic E-state index is -3.32. The SMILES string of the molecule is CS(=O)(=O)c1ccc(C(=O)c2cc(Br)ccc2F)cc1. The zero-order valence-electron chi connectivity index (χ0n) is 10.4. The summed E-state index contributed by atoms with van der Waals surface area (Å²) < 4.78 is 36.9. The molecular formula is C14H10BrFO3S. The Morgan fingerprint density at radius 3 is 2.25 bits per heavy atom. The predicted molar refractivity (Wildman–Crippen MR) is 77.1 cm³/mol. The quantitative estimate of drug-likeness (QED) is 0.793. The summed E-state index contributed by atoms with van der Waals surface area (Å²) in [6, 6.07) is 9.50. The lowest BCUT2D eigenvalue weighted by molar-refractivity contribution is 0.103. The maximum absolute atomic E-state index is 13.6. The van der Waals surface area contributed by atoms with Gasteiger partial charge in [-0.15, -0.1) is 0 Å². The Balaban J connectivity index is 2.42. The Bertz CT molecular complexity index is 768. The van der Waals surface area contributed by atoms with Gasteiger partial charge in [-0.25, -0.2) is 12.8 Å². The molecular weight excluding hydrogens is 347 g/mol. The minimum absolute atomic E-state index is 0.0634. The van der Waals surface area contributed by atoms with E-state index in [9.17, 15) is 17.6 Å². The number of ketones is 1. The van der Waals surface area contributed by atoms with Crippen molar-refractivity contribution < 1.29 is 17.6 Å². The second kappa shape index (κ2) is 5.46. The first kappa shape index (κ1) is 14.9. The zero-order chi connectivity index (χ0) is 14.9. The van der Waals surface area contributed by atoms with Crippen LogP contribution in [0.3, 0.4) is 0 Å². The monoisotopic (exact) mass is 356 g/mol. The van der Waals surface area contributed by atoms with E-state index in [1.54, 1.807) is 0 Å². The third-order valence-electron chi connectivity index (χ3n) is 2.72. The Hall–Kier alpha value is -1.53. The van der Waals surface area contributed by atoms with Crippen LogP contribution in [0.1, 0.15) is 15.9 Å². The van der Waals surface area contributed by atoms with Gasteiger partial charge in [-0.05, 0) is 42.5 Å². The highest BCUT2D eigenvalue weighted by Crippen LogP contribution is 2.20. The van der Waals surface area contributed by atoms with Crippen LogP contribution in [-0.2, 0) is 9.84 Å². The molecule has 0 bridgehead atoms. The van der Waals surface area contributed by atoms with Gasteiger partial charge in [-0.2, -0.15) is 0 Å².